The van der Waals surface area contributed by atoms with Crippen LogP contribution in [0.15, 0.2) is 18.2 Å². The van der Waals surface area contributed by atoms with Gasteiger partial charge in [-0.2, -0.15) is 5.26 Å². The van der Waals surface area contributed by atoms with Crippen LogP contribution < -0.4 is 5.32 Å². The largest absolute Gasteiger partial charge is 0.380 e. The van der Waals surface area contributed by atoms with Gasteiger partial charge < -0.3 is 10.1 Å². The lowest BCUT2D eigenvalue weighted by molar-refractivity contribution is -0.384. The summed E-state index contributed by atoms with van der Waals surface area (Å²) < 4.78 is 5.11. The van der Waals surface area contributed by atoms with Gasteiger partial charge in [0.2, 0.25) is 0 Å². The van der Waals surface area contributed by atoms with Crippen LogP contribution in [0.25, 0.3) is 0 Å². The Kier molecular flexibility index (Phi) is 4.91. The van der Waals surface area contributed by atoms with E-state index in [9.17, 15) is 10.1 Å². The number of nitro benzene ring substituents is 1. The molecule has 0 aliphatic heterocycles. The van der Waals surface area contributed by atoms with Crippen LogP contribution in [0.3, 0.4) is 0 Å². The normalized spacial score (nSPS) is 9.65. The highest BCUT2D eigenvalue weighted by Gasteiger charge is 2.18. The van der Waals surface area contributed by atoms with E-state index in [2.05, 4.69) is 5.32 Å². The van der Waals surface area contributed by atoms with Crippen LogP contribution in [0.1, 0.15) is 12.5 Å². The maximum absolute atomic E-state index is 10.9. The molecule has 0 radical (unpaired) electrons. The van der Waals surface area contributed by atoms with E-state index in [0.717, 1.165) is 0 Å². The van der Waals surface area contributed by atoms with Gasteiger partial charge in [0.25, 0.3) is 0 Å². The third kappa shape index (κ3) is 3.43. The van der Waals surface area contributed by atoms with Crippen molar-refractivity contribution in [3.05, 3.63) is 33.9 Å². The Bertz CT molecular complexity index is 440. The van der Waals surface area contributed by atoms with Gasteiger partial charge in [0.05, 0.1) is 11.5 Å². The Balaban J connectivity index is 2.84. The quantitative estimate of drug-likeness (QED) is 0.462. The number of rotatable bonds is 6. The van der Waals surface area contributed by atoms with E-state index < -0.39 is 4.92 Å². The maximum Gasteiger partial charge on any atom is 0.309 e. The fourth-order valence-corrected chi connectivity index (χ4v) is 1.38. The Labute approximate surface area is 99.0 Å². The fourth-order valence-electron chi connectivity index (χ4n) is 1.38. The molecule has 0 spiro atoms. The van der Waals surface area contributed by atoms with E-state index in [1.54, 1.807) is 18.2 Å². The Hall–Kier alpha value is -2.13. The second-order valence-corrected chi connectivity index (χ2v) is 3.19. The molecule has 0 fully saturated rings. The van der Waals surface area contributed by atoms with Gasteiger partial charge >= 0.3 is 5.69 Å². The summed E-state index contributed by atoms with van der Waals surface area (Å²) in [4.78, 5) is 10.3. The SMILES string of the molecule is CCOCCNc1cccc(C#N)c1[N+](=O)[O-]. The molecule has 1 aromatic carbocycles. The molecule has 0 amide bonds. The topological polar surface area (TPSA) is 88.2 Å². The highest BCUT2D eigenvalue weighted by Crippen LogP contribution is 2.27. The van der Waals surface area contributed by atoms with Crippen LogP contribution in [0.2, 0.25) is 0 Å². The Morgan fingerprint density at radius 1 is 1.59 bits per heavy atom. The summed E-state index contributed by atoms with van der Waals surface area (Å²) >= 11 is 0. The molecule has 1 aromatic rings. The molecule has 0 bridgehead atoms. The van der Waals surface area contributed by atoms with Gasteiger partial charge in [0, 0.05) is 13.2 Å². The summed E-state index contributed by atoms with van der Waals surface area (Å²) in [5.74, 6) is 0. The number of nitrogens with one attached hydrogen (secondary N) is 1. The lowest BCUT2D eigenvalue weighted by Crippen LogP contribution is -2.10. The first kappa shape index (κ1) is 12.9. The van der Waals surface area contributed by atoms with Crippen molar-refractivity contribution in [3.63, 3.8) is 0 Å². The lowest BCUT2D eigenvalue weighted by atomic mass is 10.1. The van der Waals surface area contributed by atoms with E-state index in [1.807, 2.05) is 6.92 Å². The fraction of sp³-hybridized carbons (Fsp3) is 0.364. The van der Waals surface area contributed by atoms with E-state index in [1.165, 1.54) is 6.07 Å². The average molecular weight is 235 g/mol. The molecular weight excluding hydrogens is 222 g/mol. The number of nitrogens with zero attached hydrogens (tertiary/aromatic N) is 2. The van der Waals surface area contributed by atoms with Gasteiger partial charge in [0.1, 0.15) is 17.3 Å². The number of para-hydroxylation sites is 1. The number of anilines is 1. The average Bonchev–Trinajstić information content (AvgIpc) is 2.33. The Morgan fingerprint density at radius 3 is 2.94 bits per heavy atom. The van der Waals surface area contributed by atoms with Crippen molar-refractivity contribution < 1.29 is 9.66 Å². The van der Waals surface area contributed by atoms with Crippen molar-refractivity contribution >= 4 is 11.4 Å². The number of benzene rings is 1. The first-order valence-electron chi connectivity index (χ1n) is 5.19. The maximum atomic E-state index is 10.9. The van der Waals surface area contributed by atoms with Gasteiger partial charge in [-0.1, -0.05) is 6.07 Å². The predicted octanol–water partition coefficient (Wildman–Crippen LogP) is 1.91. The molecular formula is C11H13N3O3. The molecule has 0 aliphatic rings. The van der Waals surface area contributed by atoms with Crippen LogP contribution in [-0.2, 0) is 4.74 Å². The van der Waals surface area contributed by atoms with Crippen LogP contribution >= 0.6 is 0 Å². The van der Waals surface area contributed by atoms with Crippen molar-refractivity contribution in [3.8, 4) is 6.07 Å². The Morgan fingerprint density at radius 2 is 2.35 bits per heavy atom. The van der Waals surface area contributed by atoms with Crippen molar-refractivity contribution in [1.29, 1.82) is 5.26 Å². The first-order valence-corrected chi connectivity index (χ1v) is 5.19. The van der Waals surface area contributed by atoms with Gasteiger partial charge in [-0.3, -0.25) is 10.1 Å². The number of hydrogen-bond donors (Lipinski definition) is 1. The number of nitro groups is 1. The van der Waals surface area contributed by atoms with Crippen LogP contribution in [0.4, 0.5) is 11.4 Å². The van der Waals surface area contributed by atoms with Crippen LogP contribution in [0.5, 0.6) is 0 Å². The van der Waals surface area contributed by atoms with Crippen molar-refractivity contribution in [1.82, 2.24) is 0 Å². The molecule has 90 valence electrons. The number of hydrogen-bond acceptors (Lipinski definition) is 5. The molecule has 0 saturated heterocycles. The molecule has 0 unspecified atom stereocenters. The minimum absolute atomic E-state index is 0.0522. The van der Waals surface area contributed by atoms with Gasteiger partial charge in [0.15, 0.2) is 0 Å². The summed E-state index contributed by atoms with van der Waals surface area (Å²) in [6.07, 6.45) is 0. The molecule has 17 heavy (non-hydrogen) atoms. The molecule has 0 saturated carbocycles. The number of ether oxygens (including phenoxy) is 1. The second kappa shape index (κ2) is 6.45. The highest BCUT2D eigenvalue weighted by atomic mass is 16.6. The number of nitriles is 1. The summed E-state index contributed by atoms with van der Waals surface area (Å²) in [5.41, 5.74) is 0.205. The van der Waals surface area contributed by atoms with Crippen LogP contribution in [-0.4, -0.2) is 24.7 Å². The smallest absolute Gasteiger partial charge is 0.309 e. The monoisotopic (exact) mass is 235 g/mol. The molecule has 0 aromatic heterocycles. The molecule has 0 heterocycles. The van der Waals surface area contributed by atoms with Gasteiger partial charge in [-0.05, 0) is 19.1 Å². The van der Waals surface area contributed by atoms with Gasteiger partial charge in [-0.25, -0.2) is 0 Å². The van der Waals surface area contributed by atoms with E-state index in [-0.39, 0.29) is 11.3 Å². The zero-order chi connectivity index (χ0) is 12.7. The lowest BCUT2D eigenvalue weighted by Gasteiger charge is -2.07. The minimum Gasteiger partial charge on any atom is -0.380 e. The molecule has 1 N–H and O–H groups in total. The highest BCUT2D eigenvalue weighted by molar-refractivity contribution is 5.68. The van der Waals surface area contributed by atoms with Crippen molar-refractivity contribution in [2.45, 2.75) is 6.92 Å². The molecule has 0 atom stereocenters. The van der Waals surface area contributed by atoms with E-state index in [4.69, 9.17) is 10.00 Å². The molecule has 0 aliphatic carbocycles. The predicted molar refractivity (Wildman–Crippen MR) is 62.8 cm³/mol. The van der Waals surface area contributed by atoms with Crippen molar-refractivity contribution in [2.24, 2.45) is 0 Å². The van der Waals surface area contributed by atoms with E-state index >= 15 is 0 Å². The summed E-state index contributed by atoms with van der Waals surface area (Å²) in [5, 5.41) is 22.6. The van der Waals surface area contributed by atoms with Gasteiger partial charge in [-0.15, -0.1) is 0 Å². The van der Waals surface area contributed by atoms with E-state index in [0.29, 0.717) is 25.4 Å². The van der Waals surface area contributed by atoms with Crippen LogP contribution in [0, 0.1) is 21.4 Å². The summed E-state index contributed by atoms with van der Waals surface area (Å²) in [6, 6.07) is 6.41. The molecule has 1 rings (SSSR count). The molecule has 6 nitrogen and oxygen atoms in total. The summed E-state index contributed by atoms with van der Waals surface area (Å²) in [6.45, 7) is 3.40. The third-order valence-electron chi connectivity index (χ3n) is 2.11. The summed E-state index contributed by atoms with van der Waals surface area (Å²) in [7, 11) is 0. The third-order valence-corrected chi connectivity index (χ3v) is 2.11. The van der Waals surface area contributed by atoms with Crippen molar-refractivity contribution in [2.75, 3.05) is 25.1 Å². The first-order chi connectivity index (χ1) is 8.20. The molecule has 6 heteroatoms. The zero-order valence-corrected chi connectivity index (χ0v) is 9.47. The standard InChI is InChI=1S/C11H13N3O3/c1-2-17-7-6-13-10-5-3-4-9(8-12)11(10)14(15)16/h3-5,13H,2,6-7H2,1H3. The minimum atomic E-state index is -0.554. The zero-order valence-electron chi connectivity index (χ0n) is 9.47. The second-order valence-electron chi connectivity index (χ2n) is 3.19.